The van der Waals surface area contributed by atoms with Crippen LogP contribution in [0, 0.1) is 6.92 Å². The molecule has 0 atom stereocenters. The monoisotopic (exact) mass is 393 g/mol. The molecule has 0 unspecified atom stereocenters. The molecule has 1 amide bonds. The lowest BCUT2D eigenvalue weighted by atomic mass is 10.1. The van der Waals surface area contributed by atoms with Crippen LogP contribution in [0.25, 0.3) is 11.3 Å². The number of carbonyl (C=O) groups is 1. The molecule has 0 radical (unpaired) electrons. The third-order valence-electron chi connectivity index (χ3n) is 4.96. The summed E-state index contributed by atoms with van der Waals surface area (Å²) in [7, 11) is 1.62. The molecule has 3 heterocycles. The molecule has 8 heteroatoms. The number of ether oxygens (including phenoxy) is 2. The highest BCUT2D eigenvalue weighted by molar-refractivity contribution is 5.93. The number of aromatic nitrogens is 4. The van der Waals surface area contributed by atoms with E-state index in [1.807, 2.05) is 36.1 Å². The standard InChI is InChI=1S/C21H23N5O3/c1-14-22-10-7-20(23-14)29-15-8-11-26(12-9-15)21(27)18-13-17(24-25-18)16-5-3-4-6-19(16)28-2/h3-7,10,13,15H,8-9,11-12H2,1-2H3,(H,24,25). The second kappa shape index (κ2) is 8.30. The second-order valence-corrected chi connectivity index (χ2v) is 6.92. The Morgan fingerprint density at radius 2 is 2.00 bits per heavy atom. The number of piperidine rings is 1. The second-order valence-electron chi connectivity index (χ2n) is 6.92. The van der Waals surface area contributed by atoms with Gasteiger partial charge in [0.15, 0.2) is 0 Å². The van der Waals surface area contributed by atoms with Crippen molar-refractivity contribution in [3.63, 3.8) is 0 Å². The fourth-order valence-corrected chi connectivity index (χ4v) is 3.44. The molecule has 1 aliphatic heterocycles. The van der Waals surface area contributed by atoms with Crippen LogP contribution >= 0.6 is 0 Å². The number of hydrogen-bond acceptors (Lipinski definition) is 6. The van der Waals surface area contributed by atoms with Gasteiger partial charge in [-0.3, -0.25) is 9.89 Å². The number of carbonyl (C=O) groups excluding carboxylic acids is 1. The Kier molecular flexibility index (Phi) is 5.41. The Morgan fingerprint density at radius 1 is 1.21 bits per heavy atom. The maximum Gasteiger partial charge on any atom is 0.271 e. The summed E-state index contributed by atoms with van der Waals surface area (Å²) < 4.78 is 11.3. The number of H-pyrrole nitrogens is 1. The third kappa shape index (κ3) is 4.21. The number of likely N-dealkylation sites (tertiary alicyclic amines) is 1. The summed E-state index contributed by atoms with van der Waals surface area (Å²) in [4.78, 5) is 23.0. The third-order valence-corrected chi connectivity index (χ3v) is 4.96. The number of aromatic amines is 1. The van der Waals surface area contributed by atoms with Crippen LogP contribution in [0.2, 0.25) is 0 Å². The van der Waals surface area contributed by atoms with Gasteiger partial charge in [-0.25, -0.2) is 4.98 Å². The highest BCUT2D eigenvalue weighted by Crippen LogP contribution is 2.28. The molecule has 29 heavy (non-hydrogen) atoms. The largest absolute Gasteiger partial charge is 0.496 e. The Morgan fingerprint density at radius 3 is 2.76 bits per heavy atom. The predicted molar refractivity (Wildman–Crippen MR) is 107 cm³/mol. The smallest absolute Gasteiger partial charge is 0.271 e. The van der Waals surface area contributed by atoms with Crippen LogP contribution in [0.1, 0.15) is 29.2 Å². The quantitative estimate of drug-likeness (QED) is 0.716. The first-order valence-corrected chi connectivity index (χ1v) is 9.58. The molecule has 4 rings (SSSR count). The van der Waals surface area contributed by atoms with Crippen LogP contribution in [0.3, 0.4) is 0 Å². The van der Waals surface area contributed by atoms with Gasteiger partial charge >= 0.3 is 0 Å². The number of nitrogens with zero attached hydrogens (tertiary/aromatic N) is 4. The van der Waals surface area contributed by atoms with Crippen LogP contribution < -0.4 is 9.47 Å². The highest BCUT2D eigenvalue weighted by Gasteiger charge is 2.26. The maximum absolute atomic E-state index is 12.9. The van der Waals surface area contributed by atoms with Crippen LogP contribution in [0.4, 0.5) is 0 Å². The summed E-state index contributed by atoms with van der Waals surface area (Å²) in [5, 5.41) is 7.16. The van der Waals surface area contributed by atoms with Gasteiger partial charge < -0.3 is 14.4 Å². The fourth-order valence-electron chi connectivity index (χ4n) is 3.44. The summed E-state index contributed by atoms with van der Waals surface area (Å²) in [6.45, 7) is 3.07. The van der Waals surface area contributed by atoms with Crippen LogP contribution in [0.5, 0.6) is 11.6 Å². The Hall–Kier alpha value is -3.42. The number of amides is 1. The molecule has 3 aromatic rings. The molecular weight excluding hydrogens is 370 g/mol. The number of hydrogen-bond donors (Lipinski definition) is 1. The molecule has 1 aliphatic rings. The van der Waals surface area contributed by atoms with Crippen molar-refractivity contribution >= 4 is 5.91 Å². The van der Waals surface area contributed by atoms with Gasteiger partial charge in [0.05, 0.1) is 12.8 Å². The minimum Gasteiger partial charge on any atom is -0.496 e. The van der Waals surface area contributed by atoms with E-state index in [9.17, 15) is 4.79 Å². The zero-order valence-electron chi connectivity index (χ0n) is 16.5. The first-order chi connectivity index (χ1) is 14.1. The number of aryl methyl sites for hydroxylation is 1. The molecular formula is C21H23N5O3. The number of rotatable bonds is 5. The molecule has 1 N–H and O–H groups in total. The highest BCUT2D eigenvalue weighted by atomic mass is 16.5. The van der Waals surface area contributed by atoms with Gasteiger partial charge in [-0.1, -0.05) is 12.1 Å². The van der Waals surface area contributed by atoms with Gasteiger partial charge in [-0.05, 0) is 25.1 Å². The van der Waals surface area contributed by atoms with Crippen LogP contribution in [-0.2, 0) is 0 Å². The fraction of sp³-hybridized carbons (Fsp3) is 0.333. The molecule has 8 nitrogen and oxygen atoms in total. The summed E-state index contributed by atoms with van der Waals surface area (Å²) in [6.07, 6.45) is 3.23. The van der Waals surface area contributed by atoms with Gasteiger partial charge in [0.1, 0.15) is 23.4 Å². The van der Waals surface area contributed by atoms with Gasteiger partial charge in [-0.2, -0.15) is 10.1 Å². The first-order valence-electron chi connectivity index (χ1n) is 9.58. The lowest BCUT2D eigenvalue weighted by molar-refractivity contribution is 0.0582. The number of benzene rings is 1. The van der Waals surface area contributed by atoms with Crippen LogP contribution in [0.15, 0.2) is 42.6 Å². The molecule has 0 spiro atoms. The Bertz CT molecular complexity index is 995. The van der Waals surface area contributed by atoms with E-state index in [0.717, 1.165) is 24.2 Å². The van der Waals surface area contributed by atoms with Crippen molar-refractivity contribution < 1.29 is 14.3 Å². The Balaban J connectivity index is 1.38. The predicted octanol–water partition coefficient (Wildman–Crippen LogP) is 2.87. The molecule has 2 aromatic heterocycles. The SMILES string of the molecule is COc1ccccc1-c1cc(C(=O)N2CCC(Oc3ccnc(C)n3)CC2)[nH]n1. The van der Waals surface area contributed by atoms with Crippen molar-refractivity contribution in [2.24, 2.45) is 0 Å². The minimum absolute atomic E-state index is 0.0410. The van der Waals surface area contributed by atoms with E-state index in [-0.39, 0.29) is 12.0 Å². The lowest BCUT2D eigenvalue weighted by Crippen LogP contribution is -2.42. The van der Waals surface area contributed by atoms with E-state index >= 15 is 0 Å². The lowest BCUT2D eigenvalue weighted by Gasteiger charge is -2.31. The minimum atomic E-state index is -0.0602. The summed E-state index contributed by atoms with van der Waals surface area (Å²) >= 11 is 0. The van der Waals surface area contributed by atoms with E-state index in [4.69, 9.17) is 9.47 Å². The van der Waals surface area contributed by atoms with Crippen molar-refractivity contribution in [2.45, 2.75) is 25.9 Å². The maximum atomic E-state index is 12.9. The summed E-state index contributed by atoms with van der Waals surface area (Å²) in [6, 6.07) is 11.1. The van der Waals surface area contributed by atoms with E-state index in [1.54, 1.807) is 25.4 Å². The molecule has 150 valence electrons. The molecule has 1 saturated heterocycles. The number of methoxy groups -OCH3 is 1. The van der Waals surface area contributed by atoms with Gasteiger partial charge in [0.25, 0.3) is 5.91 Å². The summed E-state index contributed by atoms with van der Waals surface area (Å²) in [5.74, 6) is 1.92. The molecule has 1 fully saturated rings. The molecule has 0 saturated carbocycles. The van der Waals surface area contributed by atoms with Crippen molar-refractivity contribution in [2.75, 3.05) is 20.2 Å². The van der Waals surface area contributed by atoms with E-state index in [2.05, 4.69) is 20.2 Å². The van der Waals surface area contributed by atoms with Gasteiger partial charge in [-0.15, -0.1) is 0 Å². The van der Waals surface area contributed by atoms with E-state index in [1.165, 1.54) is 0 Å². The normalized spacial score (nSPS) is 14.6. The van der Waals surface area contributed by atoms with Crippen molar-refractivity contribution in [3.05, 3.63) is 54.1 Å². The topological polar surface area (TPSA) is 93.2 Å². The van der Waals surface area contributed by atoms with Gasteiger partial charge in [0, 0.05) is 43.8 Å². The summed E-state index contributed by atoms with van der Waals surface area (Å²) in [5.41, 5.74) is 2.00. The zero-order chi connectivity index (χ0) is 20.2. The zero-order valence-corrected chi connectivity index (χ0v) is 16.5. The number of para-hydroxylation sites is 1. The van der Waals surface area contributed by atoms with E-state index < -0.39 is 0 Å². The first kappa shape index (κ1) is 18.9. The van der Waals surface area contributed by atoms with Gasteiger partial charge in [0.2, 0.25) is 5.88 Å². The van der Waals surface area contributed by atoms with E-state index in [0.29, 0.717) is 36.2 Å². The average molecular weight is 393 g/mol. The van der Waals surface area contributed by atoms with Crippen molar-refractivity contribution in [1.29, 1.82) is 0 Å². The Labute approximate surface area is 168 Å². The average Bonchev–Trinajstić information content (AvgIpc) is 3.24. The molecule has 0 bridgehead atoms. The van der Waals surface area contributed by atoms with Crippen molar-refractivity contribution in [1.82, 2.24) is 25.1 Å². The number of nitrogens with one attached hydrogen (secondary N) is 1. The van der Waals surface area contributed by atoms with Crippen molar-refractivity contribution in [3.8, 4) is 22.9 Å². The molecule has 0 aliphatic carbocycles. The molecule has 1 aromatic carbocycles. The van der Waals surface area contributed by atoms with Crippen LogP contribution in [-0.4, -0.2) is 57.3 Å².